The summed E-state index contributed by atoms with van der Waals surface area (Å²) in [4.78, 5) is 44.0. The molecular formula is C24H25N3O4. The summed E-state index contributed by atoms with van der Waals surface area (Å²) in [7, 11) is 0. The number of hydrogen-bond acceptors (Lipinski definition) is 5. The first kappa shape index (κ1) is 20.8. The molecule has 0 spiro atoms. The van der Waals surface area contributed by atoms with E-state index in [2.05, 4.69) is 21.4 Å². The lowest BCUT2D eigenvalue weighted by atomic mass is 9.87. The predicted molar refractivity (Wildman–Crippen MR) is 117 cm³/mol. The van der Waals surface area contributed by atoms with Crippen LogP contribution in [0.15, 0.2) is 53.3 Å². The molecule has 0 bridgehead atoms. The quantitative estimate of drug-likeness (QED) is 0.598. The van der Waals surface area contributed by atoms with Crippen LogP contribution in [0.4, 0.5) is 0 Å². The molecular weight excluding hydrogens is 394 g/mol. The summed E-state index contributed by atoms with van der Waals surface area (Å²) in [5.74, 6) is -0.411. The number of ether oxygens (including phenoxy) is 1. The van der Waals surface area contributed by atoms with Crippen LogP contribution < -0.4 is 10.9 Å². The third-order valence-corrected chi connectivity index (χ3v) is 5.59. The van der Waals surface area contributed by atoms with Gasteiger partial charge in [-0.15, -0.1) is 0 Å². The maximum absolute atomic E-state index is 12.6. The fourth-order valence-electron chi connectivity index (χ4n) is 3.98. The molecule has 1 amide bonds. The molecule has 0 saturated heterocycles. The van der Waals surface area contributed by atoms with Gasteiger partial charge in [-0.25, -0.2) is 4.98 Å². The second kappa shape index (κ2) is 9.12. The van der Waals surface area contributed by atoms with Gasteiger partial charge in [0.05, 0.1) is 23.4 Å². The van der Waals surface area contributed by atoms with Crippen LogP contribution in [0.25, 0.3) is 10.9 Å². The third kappa shape index (κ3) is 4.82. The Morgan fingerprint density at radius 3 is 2.84 bits per heavy atom. The van der Waals surface area contributed by atoms with E-state index in [0.717, 1.165) is 24.8 Å². The summed E-state index contributed by atoms with van der Waals surface area (Å²) >= 11 is 0. The number of esters is 1. The minimum Gasteiger partial charge on any atom is -0.453 e. The van der Waals surface area contributed by atoms with Gasteiger partial charge in [-0.3, -0.25) is 14.4 Å². The zero-order valence-electron chi connectivity index (χ0n) is 17.4. The maximum Gasteiger partial charge on any atom is 0.307 e. The van der Waals surface area contributed by atoms with Crippen molar-refractivity contribution in [2.24, 2.45) is 0 Å². The Balaban J connectivity index is 1.32. The van der Waals surface area contributed by atoms with Crippen molar-refractivity contribution in [1.29, 1.82) is 0 Å². The zero-order valence-corrected chi connectivity index (χ0v) is 17.4. The Morgan fingerprint density at radius 2 is 1.97 bits per heavy atom. The lowest BCUT2D eigenvalue weighted by Gasteiger charge is -2.27. The highest BCUT2D eigenvalue weighted by molar-refractivity contribution is 5.84. The third-order valence-electron chi connectivity index (χ3n) is 5.59. The molecule has 160 valence electrons. The van der Waals surface area contributed by atoms with Crippen LogP contribution >= 0.6 is 0 Å². The second-order valence-corrected chi connectivity index (χ2v) is 7.81. The molecule has 0 aliphatic heterocycles. The number of aromatic nitrogens is 2. The molecule has 7 heteroatoms. The van der Waals surface area contributed by atoms with Crippen LogP contribution in [-0.2, 0) is 27.2 Å². The van der Waals surface area contributed by atoms with Gasteiger partial charge in [0.25, 0.3) is 11.5 Å². The van der Waals surface area contributed by atoms with Gasteiger partial charge in [0.1, 0.15) is 5.82 Å². The van der Waals surface area contributed by atoms with Gasteiger partial charge < -0.3 is 15.0 Å². The second-order valence-electron chi connectivity index (χ2n) is 7.81. The number of carbonyl (C=O) groups is 2. The van der Waals surface area contributed by atoms with Crippen molar-refractivity contribution in [3.63, 3.8) is 0 Å². The minimum absolute atomic E-state index is 0.0190. The summed E-state index contributed by atoms with van der Waals surface area (Å²) in [6.07, 6.45) is 2.23. The van der Waals surface area contributed by atoms with Crippen molar-refractivity contribution < 1.29 is 14.3 Å². The summed E-state index contributed by atoms with van der Waals surface area (Å²) in [6, 6.07) is 15.1. The van der Waals surface area contributed by atoms with E-state index in [1.54, 1.807) is 31.2 Å². The number of nitrogens with zero attached hydrogens (tertiary/aromatic N) is 1. The number of fused-ring (bicyclic) bond motifs is 2. The highest BCUT2D eigenvalue weighted by Crippen LogP contribution is 2.29. The molecule has 2 aromatic carbocycles. The van der Waals surface area contributed by atoms with Crippen LogP contribution in [0.1, 0.15) is 49.2 Å². The van der Waals surface area contributed by atoms with E-state index in [-0.39, 0.29) is 30.3 Å². The predicted octanol–water partition coefficient (Wildman–Crippen LogP) is 2.98. The van der Waals surface area contributed by atoms with E-state index in [0.29, 0.717) is 16.7 Å². The van der Waals surface area contributed by atoms with Crippen molar-refractivity contribution in [1.82, 2.24) is 15.3 Å². The van der Waals surface area contributed by atoms with Crippen LogP contribution in [0, 0.1) is 0 Å². The average molecular weight is 419 g/mol. The Morgan fingerprint density at radius 1 is 1.19 bits per heavy atom. The first-order valence-corrected chi connectivity index (χ1v) is 10.6. The first-order chi connectivity index (χ1) is 15.0. The van der Waals surface area contributed by atoms with Gasteiger partial charge in [0.2, 0.25) is 0 Å². The molecule has 1 heterocycles. The number of carbonyl (C=O) groups excluding carboxylic acids is 2. The number of H-pyrrole nitrogens is 1. The molecule has 0 unspecified atom stereocenters. The molecule has 0 fully saturated rings. The molecule has 7 nitrogen and oxygen atoms in total. The Bertz CT molecular complexity index is 1170. The van der Waals surface area contributed by atoms with Crippen molar-refractivity contribution in [3.05, 3.63) is 75.8 Å². The topological polar surface area (TPSA) is 101 Å². The molecule has 3 aromatic rings. The van der Waals surface area contributed by atoms with E-state index in [9.17, 15) is 14.4 Å². The molecule has 31 heavy (non-hydrogen) atoms. The number of rotatable bonds is 6. The SMILES string of the molecule is C[C@H](OC(=O)CCc1nc2ccccc2c(=O)[nH]1)C(=O)N[C@H]1CCCc2ccccc21. The highest BCUT2D eigenvalue weighted by atomic mass is 16.5. The molecule has 4 rings (SSSR count). The summed E-state index contributed by atoms with van der Waals surface area (Å²) in [5, 5.41) is 3.51. The zero-order chi connectivity index (χ0) is 21.8. The van der Waals surface area contributed by atoms with Crippen LogP contribution in [0.3, 0.4) is 0 Å². The largest absolute Gasteiger partial charge is 0.453 e. The van der Waals surface area contributed by atoms with Crippen molar-refractivity contribution in [3.8, 4) is 0 Å². The fraction of sp³-hybridized carbons (Fsp3) is 0.333. The molecule has 2 N–H and O–H groups in total. The Hall–Kier alpha value is -3.48. The molecule has 1 aliphatic carbocycles. The number of aryl methyl sites for hydroxylation is 2. The van der Waals surface area contributed by atoms with E-state index in [1.807, 2.05) is 18.2 Å². The number of para-hydroxylation sites is 1. The summed E-state index contributed by atoms with van der Waals surface area (Å²) in [6.45, 7) is 1.57. The first-order valence-electron chi connectivity index (χ1n) is 10.6. The van der Waals surface area contributed by atoms with Crippen molar-refractivity contribution in [2.75, 3.05) is 0 Å². The monoisotopic (exact) mass is 419 g/mol. The molecule has 1 aromatic heterocycles. The van der Waals surface area contributed by atoms with Gasteiger partial charge in [0.15, 0.2) is 6.10 Å². The molecule has 0 saturated carbocycles. The van der Waals surface area contributed by atoms with E-state index in [1.165, 1.54) is 5.56 Å². The van der Waals surface area contributed by atoms with Crippen LogP contribution in [0.5, 0.6) is 0 Å². The number of aromatic amines is 1. The number of benzene rings is 2. The number of amides is 1. The standard InChI is InChI=1S/C24H25N3O4/c1-15(23(29)26-19-12-6-8-16-7-2-3-9-17(16)19)31-22(28)14-13-21-25-20-11-5-4-10-18(20)24(30)27-21/h2-5,7,9-11,15,19H,6,8,12-14H2,1H3,(H,26,29)(H,25,27,30)/t15-,19-/m0/s1. The Labute approximate surface area is 179 Å². The fourth-order valence-corrected chi connectivity index (χ4v) is 3.98. The van der Waals surface area contributed by atoms with E-state index in [4.69, 9.17) is 4.74 Å². The smallest absolute Gasteiger partial charge is 0.307 e. The number of hydrogen-bond donors (Lipinski definition) is 2. The molecule has 0 radical (unpaired) electrons. The van der Waals surface area contributed by atoms with Crippen molar-refractivity contribution in [2.45, 2.75) is 51.2 Å². The highest BCUT2D eigenvalue weighted by Gasteiger charge is 2.25. The summed E-state index contributed by atoms with van der Waals surface area (Å²) in [5.41, 5.74) is 2.72. The van der Waals surface area contributed by atoms with E-state index < -0.39 is 12.1 Å². The molecule has 2 atom stereocenters. The number of nitrogens with one attached hydrogen (secondary N) is 2. The minimum atomic E-state index is -0.898. The van der Waals surface area contributed by atoms with E-state index >= 15 is 0 Å². The molecule has 1 aliphatic rings. The van der Waals surface area contributed by atoms with Gasteiger partial charge in [-0.05, 0) is 49.4 Å². The van der Waals surface area contributed by atoms with Crippen LogP contribution in [0.2, 0.25) is 0 Å². The lowest BCUT2D eigenvalue weighted by molar-refractivity contribution is -0.155. The lowest BCUT2D eigenvalue weighted by Crippen LogP contribution is -2.39. The maximum atomic E-state index is 12.6. The Kier molecular flexibility index (Phi) is 6.11. The van der Waals surface area contributed by atoms with Gasteiger partial charge in [-0.2, -0.15) is 0 Å². The van der Waals surface area contributed by atoms with Gasteiger partial charge in [-0.1, -0.05) is 36.4 Å². The van der Waals surface area contributed by atoms with Crippen molar-refractivity contribution >= 4 is 22.8 Å². The van der Waals surface area contributed by atoms with Crippen LogP contribution in [-0.4, -0.2) is 27.9 Å². The summed E-state index contributed by atoms with van der Waals surface area (Å²) < 4.78 is 5.31. The average Bonchev–Trinajstić information content (AvgIpc) is 2.78. The van der Waals surface area contributed by atoms with Gasteiger partial charge >= 0.3 is 5.97 Å². The normalized spacial score (nSPS) is 16.4. The van der Waals surface area contributed by atoms with Gasteiger partial charge in [0, 0.05) is 6.42 Å².